The standard InChI is InChI=1S/C15H23N3O/c1-12(14-6-9-16-10-7-14)18(2)15(19)4-3-13-5-8-17-11-13/h6-7,9-10,12-13,17H,3-5,8,11H2,1-2H3. The molecule has 2 rings (SSSR count). The maximum absolute atomic E-state index is 12.2. The zero-order valence-corrected chi connectivity index (χ0v) is 11.8. The van der Waals surface area contributed by atoms with Crippen LogP contribution in [0.25, 0.3) is 0 Å². The third-order valence-corrected chi connectivity index (χ3v) is 4.09. The summed E-state index contributed by atoms with van der Waals surface area (Å²) in [6.07, 6.45) is 6.40. The molecule has 0 radical (unpaired) electrons. The monoisotopic (exact) mass is 261 g/mol. The Morgan fingerprint density at radius 3 is 2.89 bits per heavy atom. The summed E-state index contributed by atoms with van der Waals surface area (Å²) >= 11 is 0. The minimum absolute atomic E-state index is 0.109. The molecular weight excluding hydrogens is 238 g/mol. The van der Waals surface area contributed by atoms with E-state index in [0.717, 1.165) is 25.1 Å². The highest BCUT2D eigenvalue weighted by molar-refractivity contribution is 5.76. The molecular formula is C15H23N3O. The second-order valence-corrected chi connectivity index (χ2v) is 5.36. The first kappa shape index (κ1) is 14.0. The van der Waals surface area contributed by atoms with Gasteiger partial charge < -0.3 is 10.2 Å². The third-order valence-electron chi connectivity index (χ3n) is 4.09. The Morgan fingerprint density at radius 2 is 2.26 bits per heavy atom. The van der Waals surface area contributed by atoms with E-state index in [1.807, 2.05) is 24.1 Å². The molecule has 0 bridgehead atoms. The Bertz CT molecular complexity index is 401. The molecule has 1 amide bonds. The second kappa shape index (κ2) is 6.66. The van der Waals surface area contributed by atoms with Crippen molar-refractivity contribution in [2.45, 2.75) is 32.2 Å². The Kier molecular flexibility index (Phi) is 4.91. The van der Waals surface area contributed by atoms with Gasteiger partial charge in [-0.05, 0) is 56.5 Å². The fourth-order valence-corrected chi connectivity index (χ4v) is 2.55. The molecule has 1 aromatic rings. The molecule has 19 heavy (non-hydrogen) atoms. The summed E-state index contributed by atoms with van der Waals surface area (Å²) in [7, 11) is 1.89. The number of amides is 1. The zero-order valence-electron chi connectivity index (χ0n) is 11.8. The van der Waals surface area contributed by atoms with Gasteiger partial charge in [0.25, 0.3) is 0 Å². The quantitative estimate of drug-likeness (QED) is 0.881. The number of pyridine rings is 1. The van der Waals surface area contributed by atoms with E-state index in [-0.39, 0.29) is 11.9 Å². The summed E-state index contributed by atoms with van der Waals surface area (Å²) in [5, 5.41) is 3.34. The molecule has 4 nitrogen and oxygen atoms in total. The summed E-state index contributed by atoms with van der Waals surface area (Å²) in [5.74, 6) is 0.907. The Morgan fingerprint density at radius 1 is 1.53 bits per heavy atom. The van der Waals surface area contributed by atoms with Gasteiger partial charge in [0.05, 0.1) is 6.04 Å². The van der Waals surface area contributed by atoms with Crippen molar-refractivity contribution >= 4 is 5.91 Å². The smallest absolute Gasteiger partial charge is 0.222 e. The molecule has 0 spiro atoms. The number of aromatic nitrogens is 1. The maximum Gasteiger partial charge on any atom is 0.222 e. The fourth-order valence-electron chi connectivity index (χ4n) is 2.55. The highest BCUT2D eigenvalue weighted by atomic mass is 16.2. The van der Waals surface area contributed by atoms with E-state index in [0.29, 0.717) is 12.3 Å². The van der Waals surface area contributed by atoms with Crippen molar-refractivity contribution in [3.05, 3.63) is 30.1 Å². The number of rotatable bonds is 5. The number of hydrogen-bond acceptors (Lipinski definition) is 3. The molecule has 1 aliphatic rings. The molecule has 1 aromatic heterocycles. The van der Waals surface area contributed by atoms with Crippen molar-refractivity contribution in [2.75, 3.05) is 20.1 Å². The second-order valence-electron chi connectivity index (χ2n) is 5.36. The van der Waals surface area contributed by atoms with Gasteiger partial charge in [-0.1, -0.05) is 0 Å². The van der Waals surface area contributed by atoms with Crippen molar-refractivity contribution < 1.29 is 4.79 Å². The van der Waals surface area contributed by atoms with Gasteiger partial charge in [-0.2, -0.15) is 0 Å². The largest absolute Gasteiger partial charge is 0.339 e. The van der Waals surface area contributed by atoms with Crippen molar-refractivity contribution in [3.63, 3.8) is 0 Å². The lowest BCUT2D eigenvalue weighted by atomic mass is 10.0. The zero-order chi connectivity index (χ0) is 13.7. The molecule has 1 saturated heterocycles. The van der Waals surface area contributed by atoms with E-state index in [4.69, 9.17) is 0 Å². The normalized spacial score (nSPS) is 20.2. The van der Waals surface area contributed by atoms with Crippen LogP contribution in [0.2, 0.25) is 0 Å². The minimum atomic E-state index is 0.109. The number of carbonyl (C=O) groups is 1. The molecule has 4 heteroatoms. The average Bonchev–Trinajstić information content (AvgIpc) is 2.97. The predicted octanol–water partition coefficient (Wildman–Crippen LogP) is 1.99. The lowest BCUT2D eigenvalue weighted by Crippen LogP contribution is -2.30. The first-order valence-corrected chi connectivity index (χ1v) is 7.04. The van der Waals surface area contributed by atoms with Crippen molar-refractivity contribution in [2.24, 2.45) is 5.92 Å². The highest BCUT2D eigenvalue weighted by Gasteiger charge is 2.20. The van der Waals surface area contributed by atoms with Crippen LogP contribution < -0.4 is 5.32 Å². The van der Waals surface area contributed by atoms with Crippen LogP contribution in [0.3, 0.4) is 0 Å². The summed E-state index contributed by atoms with van der Waals surface area (Å²) in [5.41, 5.74) is 1.13. The Labute approximate surface area is 115 Å². The SMILES string of the molecule is CC(c1ccncc1)N(C)C(=O)CCC1CCNC1. The van der Waals surface area contributed by atoms with Crippen LogP contribution in [0, 0.1) is 5.92 Å². The van der Waals surface area contributed by atoms with Crippen LogP contribution in [0.4, 0.5) is 0 Å². The van der Waals surface area contributed by atoms with Gasteiger partial charge >= 0.3 is 0 Å². The van der Waals surface area contributed by atoms with Gasteiger partial charge in [0.1, 0.15) is 0 Å². The third kappa shape index (κ3) is 3.77. The molecule has 1 aliphatic heterocycles. The molecule has 2 heterocycles. The van der Waals surface area contributed by atoms with E-state index >= 15 is 0 Å². The summed E-state index contributed by atoms with van der Waals surface area (Å²) in [6, 6.07) is 4.04. The first-order chi connectivity index (χ1) is 9.18. The lowest BCUT2D eigenvalue weighted by Gasteiger charge is -2.25. The molecule has 104 valence electrons. The maximum atomic E-state index is 12.2. The van der Waals surface area contributed by atoms with Gasteiger partial charge in [0.15, 0.2) is 0 Å². The molecule has 1 fully saturated rings. The number of nitrogens with zero attached hydrogens (tertiary/aromatic N) is 2. The molecule has 0 aliphatic carbocycles. The van der Waals surface area contributed by atoms with Gasteiger partial charge in [0, 0.05) is 25.9 Å². The number of carbonyl (C=O) groups excluding carboxylic acids is 1. The molecule has 0 aromatic carbocycles. The minimum Gasteiger partial charge on any atom is -0.339 e. The van der Waals surface area contributed by atoms with Crippen molar-refractivity contribution in [1.82, 2.24) is 15.2 Å². The first-order valence-electron chi connectivity index (χ1n) is 7.04. The van der Waals surface area contributed by atoms with E-state index in [2.05, 4.69) is 17.2 Å². The van der Waals surface area contributed by atoms with Crippen molar-refractivity contribution in [1.29, 1.82) is 0 Å². The molecule has 1 N–H and O–H groups in total. The Hall–Kier alpha value is -1.42. The van der Waals surface area contributed by atoms with Crippen LogP contribution in [-0.4, -0.2) is 35.9 Å². The van der Waals surface area contributed by atoms with Crippen molar-refractivity contribution in [3.8, 4) is 0 Å². The van der Waals surface area contributed by atoms with E-state index in [1.165, 1.54) is 6.42 Å². The van der Waals surface area contributed by atoms with Gasteiger partial charge in [-0.15, -0.1) is 0 Å². The molecule has 2 atom stereocenters. The van der Waals surface area contributed by atoms with Crippen LogP contribution in [0.15, 0.2) is 24.5 Å². The average molecular weight is 261 g/mol. The van der Waals surface area contributed by atoms with E-state index in [1.54, 1.807) is 12.4 Å². The lowest BCUT2D eigenvalue weighted by molar-refractivity contribution is -0.132. The van der Waals surface area contributed by atoms with Crippen LogP contribution in [-0.2, 0) is 4.79 Å². The van der Waals surface area contributed by atoms with Gasteiger partial charge in [0.2, 0.25) is 5.91 Å². The highest BCUT2D eigenvalue weighted by Crippen LogP contribution is 2.20. The summed E-state index contributed by atoms with van der Waals surface area (Å²) in [6.45, 7) is 4.23. The summed E-state index contributed by atoms with van der Waals surface area (Å²) in [4.78, 5) is 18.1. The van der Waals surface area contributed by atoms with Crippen LogP contribution in [0.5, 0.6) is 0 Å². The van der Waals surface area contributed by atoms with Crippen LogP contribution in [0.1, 0.15) is 37.8 Å². The fraction of sp³-hybridized carbons (Fsp3) is 0.600. The Balaban J connectivity index is 1.84. The predicted molar refractivity (Wildman–Crippen MR) is 75.6 cm³/mol. The topological polar surface area (TPSA) is 45.2 Å². The summed E-state index contributed by atoms with van der Waals surface area (Å²) < 4.78 is 0. The number of nitrogens with one attached hydrogen (secondary N) is 1. The van der Waals surface area contributed by atoms with E-state index in [9.17, 15) is 4.79 Å². The van der Waals surface area contributed by atoms with Gasteiger partial charge in [-0.3, -0.25) is 9.78 Å². The van der Waals surface area contributed by atoms with Gasteiger partial charge in [-0.25, -0.2) is 0 Å². The van der Waals surface area contributed by atoms with Crippen LogP contribution >= 0.6 is 0 Å². The molecule has 0 saturated carbocycles. The number of hydrogen-bond donors (Lipinski definition) is 1. The van der Waals surface area contributed by atoms with E-state index < -0.39 is 0 Å². The molecule has 2 unspecified atom stereocenters.